The number of methoxy groups -OCH3 is 2. The monoisotopic (exact) mass is 224 g/mol. The van der Waals surface area contributed by atoms with Crippen LogP contribution in [0.5, 0.6) is 11.5 Å². The van der Waals surface area contributed by atoms with Crippen LogP contribution in [-0.2, 0) is 6.54 Å². The number of rotatable bonds is 6. The van der Waals surface area contributed by atoms with Crippen molar-refractivity contribution in [2.75, 3.05) is 20.8 Å². The van der Waals surface area contributed by atoms with Gasteiger partial charge in [-0.25, -0.2) is 0 Å². The Bertz CT molecular complexity index is 307. The van der Waals surface area contributed by atoms with Crippen LogP contribution in [0.2, 0.25) is 0 Å². The Morgan fingerprint density at radius 2 is 1.81 bits per heavy atom. The van der Waals surface area contributed by atoms with Crippen molar-refractivity contribution >= 4 is 0 Å². The molecule has 0 saturated carbocycles. The summed E-state index contributed by atoms with van der Waals surface area (Å²) in [6.45, 7) is 3.34. The van der Waals surface area contributed by atoms with Crippen LogP contribution >= 0.6 is 0 Å². The van der Waals surface area contributed by atoms with E-state index >= 15 is 0 Å². The van der Waals surface area contributed by atoms with E-state index in [1.165, 1.54) is 0 Å². The molecule has 4 nitrogen and oxygen atoms in total. The maximum Gasteiger partial charge on any atom is 0.127 e. The lowest BCUT2D eigenvalue weighted by atomic mass is 10.1. The maximum absolute atomic E-state index is 5.55. The molecule has 0 aliphatic carbocycles. The summed E-state index contributed by atoms with van der Waals surface area (Å²) in [7, 11) is 3.31. The van der Waals surface area contributed by atoms with Crippen LogP contribution in [0, 0.1) is 0 Å². The Morgan fingerprint density at radius 1 is 1.25 bits per heavy atom. The van der Waals surface area contributed by atoms with E-state index in [2.05, 4.69) is 5.32 Å². The third-order valence-electron chi connectivity index (χ3n) is 2.51. The SMILES string of the molecule is COc1cccc(OC)c1CN[C@H](C)CN. The van der Waals surface area contributed by atoms with Crippen LogP contribution in [0.3, 0.4) is 0 Å². The van der Waals surface area contributed by atoms with Crippen LogP contribution in [-0.4, -0.2) is 26.8 Å². The summed E-state index contributed by atoms with van der Waals surface area (Å²) >= 11 is 0. The van der Waals surface area contributed by atoms with Gasteiger partial charge in [0.1, 0.15) is 11.5 Å². The smallest absolute Gasteiger partial charge is 0.127 e. The molecule has 0 aromatic heterocycles. The zero-order valence-corrected chi connectivity index (χ0v) is 10.1. The molecule has 16 heavy (non-hydrogen) atoms. The largest absolute Gasteiger partial charge is 0.496 e. The third-order valence-corrected chi connectivity index (χ3v) is 2.51. The van der Waals surface area contributed by atoms with Crippen molar-refractivity contribution in [3.05, 3.63) is 23.8 Å². The number of nitrogens with one attached hydrogen (secondary N) is 1. The van der Waals surface area contributed by atoms with E-state index in [0.717, 1.165) is 17.1 Å². The van der Waals surface area contributed by atoms with Crippen molar-refractivity contribution in [2.24, 2.45) is 5.73 Å². The Hall–Kier alpha value is -1.26. The Balaban J connectivity index is 2.82. The maximum atomic E-state index is 5.55. The predicted molar refractivity (Wildman–Crippen MR) is 64.9 cm³/mol. The van der Waals surface area contributed by atoms with Crippen LogP contribution in [0.15, 0.2) is 18.2 Å². The van der Waals surface area contributed by atoms with E-state index in [1.807, 2.05) is 25.1 Å². The van der Waals surface area contributed by atoms with Gasteiger partial charge >= 0.3 is 0 Å². The summed E-state index contributed by atoms with van der Waals surface area (Å²) in [5, 5.41) is 3.31. The second-order valence-corrected chi connectivity index (χ2v) is 3.66. The highest BCUT2D eigenvalue weighted by Crippen LogP contribution is 2.27. The van der Waals surface area contributed by atoms with Gasteiger partial charge in [0, 0.05) is 24.7 Å². The van der Waals surface area contributed by atoms with E-state index in [-0.39, 0.29) is 6.04 Å². The number of nitrogens with two attached hydrogens (primary N) is 1. The van der Waals surface area contributed by atoms with E-state index < -0.39 is 0 Å². The first kappa shape index (κ1) is 12.8. The van der Waals surface area contributed by atoms with Gasteiger partial charge < -0.3 is 20.5 Å². The lowest BCUT2D eigenvalue weighted by molar-refractivity contribution is 0.380. The molecular formula is C12H20N2O2. The number of benzene rings is 1. The molecule has 0 unspecified atom stereocenters. The van der Waals surface area contributed by atoms with Crippen LogP contribution in [0.1, 0.15) is 12.5 Å². The molecule has 0 aliphatic rings. The summed E-state index contributed by atoms with van der Waals surface area (Å²) in [6.07, 6.45) is 0. The average Bonchev–Trinajstić information content (AvgIpc) is 2.35. The summed E-state index contributed by atoms with van der Waals surface area (Å²) in [4.78, 5) is 0. The summed E-state index contributed by atoms with van der Waals surface area (Å²) in [5.41, 5.74) is 6.57. The Kier molecular flexibility index (Phi) is 5.08. The molecule has 0 radical (unpaired) electrons. The van der Waals surface area contributed by atoms with Gasteiger partial charge in [-0.1, -0.05) is 6.07 Å². The van der Waals surface area contributed by atoms with Gasteiger partial charge in [-0.2, -0.15) is 0 Å². The van der Waals surface area contributed by atoms with Gasteiger partial charge in [-0.05, 0) is 19.1 Å². The van der Waals surface area contributed by atoms with Gasteiger partial charge in [0.2, 0.25) is 0 Å². The second kappa shape index (κ2) is 6.35. The fourth-order valence-corrected chi connectivity index (χ4v) is 1.46. The van der Waals surface area contributed by atoms with Crippen molar-refractivity contribution in [3.8, 4) is 11.5 Å². The molecule has 90 valence electrons. The molecule has 3 N–H and O–H groups in total. The first-order valence-electron chi connectivity index (χ1n) is 5.36. The molecule has 0 heterocycles. The predicted octanol–water partition coefficient (Wildman–Crippen LogP) is 1.14. The van der Waals surface area contributed by atoms with E-state index in [1.54, 1.807) is 14.2 Å². The van der Waals surface area contributed by atoms with Crippen LogP contribution < -0.4 is 20.5 Å². The fourth-order valence-electron chi connectivity index (χ4n) is 1.46. The lowest BCUT2D eigenvalue weighted by Crippen LogP contribution is -2.32. The lowest BCUT2D eigenvalue weighted by Gasteiger charge is -2.16. The average molecular weight is 224 g/mol. The van der Waals surface area contributed by atoms with E-state index in [4.69, 9.17) is 15.2 Å². The number of hydrogen-bond donors (Lipinski definition) is 2. The molecular weight excluding hydrogens is 204 g/mol. The van der Waals surface area contributed by atoms with Crippen molar-refractivity contribution in [3.63, 3.8) is 0 Å². The standard InChI is InChI=1S/C12H20N2O2/c1-9(7-13)14-8-10-11(15-2)5-4-6-12(10)16-3/h4-6,9,14H,7-8,13H2,1-3H3/t9-/m1/s1. The number of ether oxygens (including phenoxy) is 2. The van der Waals surface area contributed by atoms with Gasteiger partial charge in [0.05, 0.1) is 14.2 Å². The molecule has 1 atom stereocenters. The van der Waals surface area contributed by atoms with Crippen LogP contribution in [0.4, 0.5) is 0 Å². The van der Waals surface area contributed by atoms with Gasteiger partial charge in [0.15, 0.2) is 0 Å². The zero-order chi connectivity index (χ0) is 12.0. The van der Waals surface area contributed by atoms with E-state index in [0.29, 0.717) is 13.1 Å². The Labute approximate surface area is 96.7 Å². The van der Waals surface area contributed by atoms with Crippen molar-refractivity contribution < 1.29 is 9.47 Å². The molecule has 1 aromatic rings. The fraction of sp³-hybridized carbons (Fsp3) is 0.500. The molecule has 0 bridgehead atoms. The van der Waals surface area contributed by atoms with Crippen molar-refractivity contribution in [1.82, 2.24) is 5.32 Å². The topological polar surface area (TPSA) is 56.5 Å². The molecule has 0 aliphatic heterocycles. The molecule has 0 amide bonds. The first-order chi connectivity index (χ1) is 7.72. The summed E-state index contributed by atoms with van der Waals surface area (Å²) in [5.74, 6) is 1.66. The highest BCUT2D eigenvalue weighted by Gasteiger charge is 2.10. The Morgan fingerprint density at radius 3 is 2.25 bits per heavy atom. The van der Waals surface area contributed by atoms with Crippen molar-refractivity contribution in [1.29, 1.82) is 0 Å². The highest BCUT2D eigenvalue weighted by atomic mass is 16.5. The normalized spacial score (nSPS) is 12.2. The van der Waals surface area contributed by atoms with Crippen molar-refractivity contribution in [2.45, 2.75) is 19.5 Å². The van der Waals surface area contributed by atoms with Gasteiger partial charge in [-0.15, -0.1) is 0 Å². The minimum absolute atomic E-state index is 0.273. The molecule has 0 spiro atoms. The minimum atomic E-state index is 0.273. The summed E-state index contributed by atoms with van der Waals surface area (Å²) in [6, 6.07) is 6.03. The molecule has 1 rings (SSSR count). The molecule has 0 fully saturated rings. The van der Waals surface area contributed by atoms with E-state index in [9.17, 15) is 0 Å². The molecule has 4 heteroatoms. The number of hydrogen-bond acceptors (Lipinski definition) is 4. The quantitative estimate of drug-likeness (QED) is 0.761. The molecule has 1 aromatic carbocycles. The molecule has 0 saturated heterocycles. The van der Waals surface area contributed by atoms with Crippen LogP contribution in [0.25, 0.3) is 0 Å². The van der Waals surface area contributed by atoms with Gasteiger partial charge in [-0.3, -0.25) is 0 Å². The third kappa shape index (κ3) is 3.12. The highest BCUT2D eigenvalue weighted by molar-refractivity contribution is 5.44. The minimum Gasteiger partial charge on any atom is -0.496 e. The second-order valence-electron chi connectivity index (χ2n) is 3.66. The first-order valence-corrected chi connectivity index (χ1v) is 5.36. The van der Waals surface area contributed by atoms with Gasteiger partial charge in [0.25, 0.3) is 0 Å². The zero-order valence-electron chi connectivity index (χ0n) is 10.1. The summed E-state index contributed by atoms with van der Waals surface area (Å²) < 4.78 is 10.6.